The highest BCUT2D eigenvalue weighted by atomic mass is 16.2. The number of anilines is 1. The SMILES string of the molecule is CCCNc1ccnc(CN2C(=O)C3CCCC3C2=O)c1. The van der Waals surface area contributed by atoms with E-state index in [-0.39, 0.29) is 23.7 Å². The average Bonchev–Trinajstić information content (AvgIpc) is 3.06. The first-order valence-corrected chi connectivity index (χ1v) is 7.74. The van der Waals surface area contributed by atoms with Crippen LogP contribution in [-0.2, 0) is 16.1 Å². The molecule has 5 nitrogen and oxygen atoms in total. The second-order valence-electron chi connectivity index (χ2n) is 5.87. The number of aromatic nitrogens is 1. The molecule has 1 aliphatic carbocycles. The fraction of sp³-hybridized carbons (Fsp3) is 0.562. The van der Waals surface area contributed by atoms with Crippen LogP contribution in [0.25, 0.3) is 0 Å². The van der Waals surface area contributed by atoms with Crippen LogP contribution in [0.1, 0.15) is 38.3 Å². The molecule has 0 radical (unpaired) electrons. The van der Waals surface area contributed by atoms with Gasteiger partial charge < -0.3 is 5.32 Å². The molecule has 2 amide bonds. The highest BCUT2D eigenvalue weighted by Gasteiger charge is 2.49. The molecule has 21 heavy (non-hydrogen) atoms. The number of rotatable bonds is 5. The topological polar surface area (TPSA) is 62.3 Å². The second-order valence-corrected chi connectivity index (χ2v) is 5.87. The minimum atomic E-state index is -0.0705. The summed E-state index contributed by atoms with van der Waals surface area (Å²) in [5.74, 6) is -0.148. The van der Waals surface area contributed by atoms with Crippen molar-refractivity contribution in [3.8, 4) is 0 Å². The standard InChI is InChI=1S/C16H21N3O2/c1-2-7-17-11-6-8-18-12(9-11)10-19-15(20)13-4-3-5-14(13)16(19)21/h6,8-9,13-14H,2-5,7,10H2,1H3,(H,17,18). The third-order valence-electron chi connectivity index (χ3n) is 4.40. The molecule has 2 fully saturated rings. The molecular formula is C16H21N3O2. The van der Waals surface area contributed by atoms with Crippen LogP contribution in [-0.4, -0.2) is 28.2 Å². The summed E-state index contributed by atoms with van der Waals surface area (Å²) in [4.78, 5) is 30.3. The summed E-state index contributed by atoms with van der Waals surface area (Å²) in [6, 6.07) is 3.83. The molecule has 1 aromatic rings. The van der Waals surface area contributed by atoms with Crippen LogP contribution in [0.3, 0.4) is 0 Å². The summed E-state index contributed by atoms with van der Waals surface area (Å²) < 4.78 is 0. The van der Waals surface area contributed by atoms with Crippen LogP contribution in [0.5, 0.6) is 0 Å². The highest BCUT2D eigenvalue weighted by molar-refractivity contribution is 6.05. The number of imide groups is 1. The number of carbonyl (C=O) groups excluding carboxylic acids is 2. The first-order valence-electron chi connectivity index (χ1n) is 7.74. The van der Waals surface area contributed by atoms with Gasteiger partial charge in [-0.2, -0.15) is 0 Å². The molecule has 112 valence electrons. The molecule has 0 spiro atoms. The molecule has 1 saturated carbocycles. The smallest absolute Gasteiger partial charge is 0.233 e. The molecule has 2 atom stereocenters. The van der Waals surface area contributed by atoms with Gasteiger partial charge in [0.15, 0.2) is 0 Å². The van der Waals surface area contributed by atoms with Crippen molar-refractivity contribution in [1.82, 2.24) is 9.88 Å². The summed E-state index contributed by atoms with van der Waals surface area (Å²) in [6.07, 6.45) is 5.48. The quantitative estimate of drug-likeness (QED) is 0.843. The molecule has 2 heterocycles. The summed E-state index contributed by atoms with van der Waals surface area (Å²) in [7, 11) is 0. The van der Waals surface area contributed by atoms with E-state index in [1.54, 1.807) is 6.20 Å². The number of nitrogens with zero attached hydrogens (tertiary/aromatic N) is 2. The van der Waals surface area contributed by atoms with Crippen molar-refractivity contribution >= 4 is 17.5 Å². The largest absolute Gasteiger partial charge is 0.385 e. The molecule has 2 aliphatic rings. The monoisotopic (exact) mass is 287 g/mol. The maximum atomic E-state index is 12.3. The van der Waals surface area contributed by atoms with Gasteiger partial charge in [0.05, 0.1) is 24.1 Å². The van der Waals surface area contributed by atoms with E-state index in [1.807, 2.05) is 12.1 Å². The minimum absolute atomic E-state index is 0.00350. The van der Waals surface area contributed by atoms with Crippen LogP contribution in [0, 0.1) is 11.8 Å². The Morgan fingerprint density at radius 1 is 1.29 bits per heavy atom. The van der Waals surface area contributed by atoms with Gasteiger partial charge in [-0.15, -0.1) is 0 Å². The van der Waals surface area contributed by atoms with Crippen LogP contribution in [0.4, 0.5) is 5.69 Å². The number of hydrogen-bond acceptors (Lipinski definition) is 4. The molecule has 3 rings (SSSR count). The van der Waals surface area contributed by atoms with Gasteiger partial charge in [0, 0.05) is 18.4 Å². The fourth-order valence-electron chi connectivity index (χ4n) is 3.32. The van der Waals surface area contributed by atoms with Gasteiger partial charge in [-0.05, 0) is 31.4 Å². The van der Waals surface area contributed by atoms with E-state index in [9.17, 15) is 9.59 Å². The Morgan fingerprint density at radius 3 is 2.67 bits per heavy atom. The normalized spacial score (nSPS) is 24.5. The van der Waals surface area contributed by atoms with Crippen molar-refractivity contribution in [3.63, 3.8) is 0 Å². The Kier molecular flexibility index (Phi) is 3.90. The van der Waals surface area contributed by atoms with Crippen molar-refractivity contribution < 1.29 is 9.59 Å². The van der Waals surface area contributed by atoms with Gasteiger partial charge >= 0.3 is 0 Å². The Labute approximate surface area is 124 Å². The Balaban J connectivity index is 1.72. The van der Waals surface area contributed by atoms with Gasteiger partial charge in [-0.1, -0.05) is 13.3 Å². The predicted molar refractivity (Wildman–Crippen MR) is 79.4 cm³/mol. The van der Waals surface area contributed by atoms with E-state index in [2.05, 4.69) is 17.2 Å². The zero-order valence-corrected chi connectivity index (χ0v) is 12.3. The summed E-state index contributed by atoms with van der Waals surface area (Å²) in [6.45, 7) is 3.30. The lowest BCUT2D eigenvalue weighted by atomic mass is 10.00. The van der Waals surface area contributed by atoms with Gasteiger partial charge in [0.1, 0.15) is 0 Å². The lowest BCUT2D eigenvalue weighted by Crippen LogP contribution is -2.31. The molecule has 1 aliphatic heterocycles. The average molecular weight is 287 g/mol. The molecule has 1 saturated heterocycles. The Bertz CT molecular complexity index is 536. The molecule has 5 heteroatoms. The Morgan fingerprint density at radius 2 is 2.00 bits per heavy atom. The van der Waals surface area contributed by atoms with Gasteiger partial charge in [0.2, 0.25) is 11.8 Å². The highest BCUT2D eigenvalue weighted by Crippen LogP contribution is 2.40. The lowest BCUT2D eigenvalue weighted by Gasteiger charge is -2.16. The molecule has 1 aromatic heterocycles. The maximum absolute atomic E-state index is 12.3. The molecule has 2 unspecified atom stereocenters. The minimum Gasteiger partial charge on any atom is -0.385 e. The van der Waals surface area contributed by atoms with Crippen LogP contribution in [0.2, 0.25) is 0 Å². The van der Waals surface area contributed by atoms with E-state index in [0.717, 1.165) is 43.6 Å². The van der Waals surface area contributed by atoms with Crippen molar-refractivity contribution in [3.05, 3.63) is 24.0 Å². The van der Waals surface area contributed by atoms with Crippen LogP contribution in [0.15, 0.2) is 18.3 Å². The van der Waals surface area contributed by atoms with Crippen molar-refractivity contribution in [2.45, 2.75) is 39.2 Å². The molecule has 0 aromatic carbocycles. The van der Waals surface area contributed by atoms with Gasteiger partial charge in [0.25, 0.3) is 0 Å². The third-order valence-corrected chi connectivity index (χ3v) is 4.40. The number of nitrogens with one attached hydrogen (secondary N) is 1. The third kappa shape index (κ3) is 2.64. The number of pyridine rings is 1. The van der Waals surface area contributed by atoms with E-state index < -0.39 is 0 Å². The predicted octanol–water partition coefficient (Wildman–Crippen LogP) is 2.19. The zero-order chi connectivity index (χ0) is 14.8. The maximum Gasteiger partial charge on any atom is 0.233 e. The van der Waals surface area contributed by atoms with Crippen LogP contribution < -0.4 is 5.32 Å². The lowest BCUT2D eigenvalue weighted by molar-refractivity contribution is -0.141. The number of carbonyl (C=O) groups is 2. The van der Waals surface area contributed by atoms with E-state index >= 15 is 0 Å². The first-order chi connectivity index (χ1) is 10.2. The number of fused-ring (bicyclic) bond motifs is 1. The fourth-order valence-corrected chi connectivity index (χ4v) is 3.32. The van der Waals surface area contributed by atoms with Crippen LogP contribution >= 0.6 is 0 Å². The zero-order valence-electron chi connectivity index (χ0n) is 12.3. The van der Waals surface area contributed by atoms with Crippen molar-refractivity contribution in [2.75, 3.05) is 11.9 Å². The number of likely N-dealkylation sites (tertiary alicyclic amines) is 1. The van der Waals surface area contributed by atoms with Gasteiger partial charge in [-0.3, -0.25) is 19.5 Å². The Hall–Kier alpha value is -1.91. The first kappa shape index (κ1) is 14.0. The number of hydrogen-bond donors (Lipinski definition) is 1. The summed E-state index contributed by atoms with van der Waals surface area (Å²) in [5.41, 5.74) is 1.75. The van der Waals surface area contributed by atoms with E-state index in [1.165, 1.54) is 4.90 Å². The van der Waals surface area contributed by atoms with E-state index in [4.69, 9.17) is 0 Å². The van der Waals surface area contributed by atoms with Crippen molar-refractivity contribution in [1.29, 1.82) is 0 Å². The summed E-state index contributed by atoms with van der Waals surface area (Å²) in [5, 5.41) is 3.29. The second kappa shape index (κ2) is 5.84. The molecule has 1 N–H and O–H groups in total. The van der Waals surface area contributed by atoms with E-state index in [0.29, 0.717) is 6.54 Å². The molecule has 0 bridgehead atoms. The number of amides is 2. The molecular weight excluding hydrogens is 266 g/mol. The van der Waals surface area contributed by atoms with Crippen molar-refractivity contribution in [2.24, 2.45) is 11.8 Å². The van der Waals surface area contributed by atoms with Gasteiger partial charge in [-0.25, -0.2) is 0 Å². The summed E-state index contributed by atoms with van der Waals surface area (Å²) >= 11 is 0.